The minimum absolute atomic E-state index is 0.0959. The van der Waals surface area contributed by atoms with Crippen LogP contribution in [0.1, 0.15) is 64.5 Å². The van der Waals surface area contributed by atoms with Gasteiger partial charge < -0.3 is 4.57 Å². The van der Waals surface area contributed by atoms with Gasteiger partial charge in [-0.3, -0.25) is 13.9 Å². The number of aromatic nitrogens is 8. The fraction of sp³-hybridized carbons (Fsp3) is 0.333. The first-order chi connectivity index (χ1) is 22.0. The fourth-order valence-corrected chi connectivity index (χ4v) is 6.02. The highest BCUT2D eigenvalue weighted by molar-refractivity contribution is 5.80. The molecule has 1 atom stereocenters. The summed E-state index contributed by atoms with van der Waals surface area (Å²) in [5, 5.41) is 14.6. The second-order valence-corrected chi connectivity index (χ2v) is 13.6. The number of fused-ring (bicyclic) bond motifs is 1. The first-order valence-corrected chi connectivity index (χ1v) is 15.7. The van der Waals surface area contributed by atoms with Gasteiger partial charge in [0.1, 0.15) is 5.82 Å². The number of rotatable bonds is 9. The first-order valence-electron chi connectivity index (χ1n) is 15.7. The summed E-state index contributed by atoms with van der Waals surface area (Å²) >= 11 is 0. The number of benzene rings is 3. The predicted molar refractivity (Wildman–Crippen MR) is 181 cm³/mol. The maximum atomic E-state index is 14.5. The molecule has 3 aromatic heterocycles. The molecule has 6 rings (SSSR count). The molecule has 0 aliphatic heterocycles. The molecule has 1 N–H and O–H groups in total. The molecule has 0 fully saturated rings. The van der Waals surface area contributed by atoms with E-state index in [0.29, 0.717) is 36.5 Å². The van der Waals surface area contributed by atoms with Crippen LogP contribution in [-0.4, -0.2) is 39.3 Å². The highest BCUT2D eigenvalue weighted by Crippen LogP contribution is 2.30. The van der Waals surface area contributed by atoms with E-state index >= 15 is 0 Å². The van der Waals surface area contributed by atoms with Crippen LogP contribution >= 0.6 is 0 Å². The molecule has 0 aliphatic rings. The second kappa shape index (κ2) is 12.3. The third-order valence-corrected chi connectivity index (χ3v) is 8.17. The number of imidazole rings is 1. The Labute approximate surface area is 267 Å². The molecule has 0 saturated heterocycles. The molecule has 0 saturated carbocycles. The summed E-state index contributed by atoms with van der Waals surface area (Å²) in [5.41, 5.74) is 4.95. The zero-order chi connectivity index (χ0) is 32.6. The molecule has 3 heterocycles. The average Bonchev–Trinajstić information content (AvgIpc) is 3.68. The van der Waals surface area contributed by atoms with Gasteiger partial charge >= 0.3 is 5.69 Å². The summed E-state index contributed by atoms with van der Waals surface area (Å²) in [6.07, 6.45) is 0.640. The Morgan fingerprint density at radius 2 is 1.50 bits per heavy atom. The summed E-state index contributed by atoms with van der Waals surface area (Å²) in [6.45, 7) is 13.4. The van der Waals surface area contributed by atoms with E-state index in [1.54, 1.807) is 4.57 Å². The van der Waals surface area contributed by atoms with E-state index < -0.39 is 6.04 Å². The number of hydrogen-bond donors (Lipinski definition) is 1. The van der Waals surface area contributed by atoms with Crippen LogP contribution in [-0.2, 0) is 19.5 Å². The number of tetrazole rings is 1. The van der Waals surface area contributed by atoms with E-state index in [9.17, 15) is 9.59 Å². The van der Waals surface area contributed by atoms with E-state index in [2.05, 4.69) is 79.5 Å². The Bertz CT molecular complexity index is 2080. The lowest BCUT2D eigenvalue weighted by atomic mass is 9.92. The summed E-state index contributed by atoms with van der Waals surface area (Å²) < 4.78 is 5.12. The third-order valence-electron chi connectivity index (χ3n) is 8.17. The molecule has 1 unspecified atom stereocenters. The molecule has 3 aromatic carbocycles. The van der Waals surface area contributed by atoms with Crippen molar-refractivity contribution in [1.82, 2.24) is 39.3 Å². The van der Waals surface area contributed by atoms with E-state index in [1.165, 1.54) is 4.57 Å². The number of nitrogens with zero attached hydrogens (tertiary/aromatic N) is 7. The lowest BCUT2D eigenvalue weighted by Crippen LogP contribution is -2.43. The molecule has 10 heteroatoms. The second-order valence-electron chi connectivity index (χ2n) is 13.6. The summed E-state index contributed by atoms with van der Waals surface area (Å²) in [6, 6.07) is 25.5. The fourth-order valence-electron chi connectivity index (χ4n) is 6.02. The van der Waals surface area contributed by atoms with E-state index in [0.717, 1.165) is 33.6 Å². The number of aromatic amines is 1. The van der Waals surface area contributed by atoms with E-state index in [-0.39, 0.29) is 22.6 Å². The number of hydrogen-bond acceptors (Lipinski definition) is 6. The van der Waals surface area contributed by atoms with Crippen molar-refractivity contribution in [3.63, 3.8) is 0 Å². The van der Waals surface area contributed by atoms with Crippen LogP contribution in [0.25, 0.3) is 33.7 Å². The van der Waals surface area contributed by atoms with Crippen LogP contribution in [0, 0.1) is 11.3 Å². The van der Waals surface area contributed by atoms with Gasteiger partial charge in [0, 0.05) is 25.1 Å². The van der Waals surface area contributed by atoms with Gasteiger partial charge in [-0.05, 0) is 45.7 Å². The Morgan fingerprint density at radius 1 is 0.826 bits per heavy atom. The molecule has 0 bridgehead atoms. The maximum Gasteiger partial charge on any atom is 0.333 e. The highest BCUT2D eigenvalue weighted by atomic mass is 16.2. The van der Waals surface area contributed by atoms with Crippen molar-refractivity contribution >= 4 is 11.2 Å². The smallest absolute Gasteiger partial charge is 0.318 e. The van der Waals surface area contributed by atoms with E-state index in [1.807, 2.05) is 66.1 Å². The topological polar surface area (TPSA) is 116 Å². The van der Waals surface area contributed by atoms with Gasteiger partial charge in [-0.25, -0.2) is 9.78 Å². The molecule has 0 radical (unpaired) electrons. The van der Waals surface area contributed by atoms with Gasteiger partial charge in [-0.15, -0.1) is 10.2 Å². The molecule has 0 aliphatic carbocycles. The molecule has 0 spiro atoms. The van der Waals surface area contributed by atoms with Crippen LogP contribution in [0.4, 0.5) is 0 Å². The van der Waals surface area contributed by atoms with Gasteiger partial charge in [-0.1, -0.05) is 113 Å². The minimum Gasteiger partial charge on any atom is -0.318 e. The lowest BCUT2D eigenvalue weighted by molar-refractivity contribution is 0.394. The molecular weight excluding hydrogens is 576 g/mol. The van der Waals surface area contributed by atoms with Crippen molar-refractivity contribution in [2.45, 2.75) is 67.1 Å². The van der Waals surface area contributed by atoms with Crippen LogP contribution in [0.3, 0.4) is 0 Å². The molecule has 236 valence electrons. The highest BCUT2D eigenvalue weighted by Gasteiger charge is 2.27. The molecule has 10 nitrogen and oxygen atoms in total. The van der Waals surface area contributed by atoms with Gasteiger partial charge in [0.2, 0.25) is 5.82 Å². The lowest BCUT2D eigenvalue weighted by Gasteiger charge is -2.20. The predicted octanol–water partition coefficient (Wildman–Crippen LogP) is 6.11. The molecule has 0 amide bonds. The Hall–Kier alpha value is -5.12. The van der Waals surface area contributed by atoms with Crippen molar-refractivity contribution in [3.05, 3.63) is 117 Å². The van der Waals surface area contributed by atoms with Crippen LogP contribution in [0.5, 0.6) is 0 Å². The largest absolute Gasteiger partial charge is 0.333 e. The SMILES string of the molecule is CC(C)Cn1c(=O)n(C(C)c2ccccc2)c(=O)c2c1nc(CC(C)(C)C)n2Cc1ccc(-c2ccccc2-c2nn[nH]n2)cc1. The van der Waals surface area contributed by atoms with Crippen molar-refractivity contribution in [2.75, 3.05) is 0 Å². The Kier molecular flexibility index (Phi) is 8.29. The van der Waals surface area contributed by atoms with Gasteiger partial charge in [0.05, 0.1) is 6.04 Å². The zero-order valence-corrected chi connectivity index (χ0v) is 27.2. The van der Waals surface area contributed by atoms with Gasteiger partial charge in [0.25, 0.3) is 5.56 Å². The van der Waals surface area contributed by atoms with E-state index in [4.69, 9.17) is 4.98 Å². The number of nitrogens with one attached hydrogen (secondary N) is 1. The quantitative estimate of drug-likeness (QED) is 0.210. The average molecular weight is 617 g/mol. The van der Waals surface area contributed by atoms with Gasteiger partial charge in [0.15, 0.2) is 11.2 Å². The summed E-state index contributed by atoms with van der Waals surface area (Å²) in [4.78, 5) is 33.6. The summed E-state index contributed by atoms with van der Waals surface area (Å²) in [5.74, 6) is 1.50. The first kappa shape index (κ1) is 30.9. The Balaban J connectivity index is 1.50. The van der Waals surface area contributed by atoms with Crippen LogP contribution in [0.2, 0.25) is 0 Å². The van der Waals surface area contributed by atoms with Crippen molar-refractivity contribution < 1.29 is 0 Å². The van der Waals surface area contributed by atoms with Crippen LogP contribution < -0.4 is 11.2 Å². The molecule has 6 aromatic rings. The normalized spacial score (nSPS) is 12.7. The van der Waals surface area contributed by atoms with Crippen LogP contribution in [0.15, 0.2) is 88.5 Å². The number of H-pyrrole nitrogens is 1. The van der Waals surface area contributed by atoms with Crippen molar-refractivity contribution in [1.29, 1.82) is 0 Å². The zero-order valence-electron chi connectivity index (χ0n) is 27.2. The monoisotopic (exact) mass is 616 g/mol. The maximum absolute atomic E-state index is 14.5. The minimum atomic E-state index is -0.447. The third kappa shape index (κ3) is 6.07. The molecule has 46 heavy (non-hydrogen) atoms. The molecular formula is C36H40N8O2. The van der Waals surface area contributed by atoms with Crippen molar-refractivity contribution in [2.24, 2.45) is 11.3 Å². The summed E-state index contributed by atoms with van der Waals surface area (Å²) in [7, 11) is 0. The Morgan fingerprint density at radius 3 is 2.13 bits per heavy atom. The van der Waals surface area contributed by atoms with Crippen molar-refractivity contribution in [3.8, 4) is 22.5 Å². The van der Waals surface area contributed by atoms with Gasteiger partial charge in [-0.2, -0.15) is 5.21 Å². The standard InChI is InChI=1S/C36H40N8O2/c1-23(2)21-43-33-31(34(45)44(35(43)46)24(3)26-12-8-7-9-13-26)42(30(37-33)20-36(4,5)6)22-25-16-18-27(19-17-25)28-14-10-11-15-29(28)32-38-40-41-39-32/h7-19,23-24H,20-22H2,1-6H3,(H,38,39,40,41).